The number of carboxylic acids is 1. The van der Waals surface area contributed by atoms with Gasteiger partial charge in [-0.3, -0.25) is 9.59 Å². The van der Waals surface area contributed by atoms with E-state index in [1.165, 1.54) is 6.08 Å². The molecule has 0 saturated carbocycles. The molecule has 2 rings (SSSR count). The Morgan fingerprint density at radius 2 is 2.05 bits per heavy atom. The average Bonchev–Trinajstić information content (AvgIpc) is 2.86. The summed E-state index contributed by atoms with van der Waals surface area (Å²) in [7, 11) is 0. The first-order valence-corrected chi connectivity index (χ1v) is 6.58. The number of carboxylic acid groups (broad SMARTS) is 1. The lowest BCUT2D eigenvalue weighted by Crippen LogP contribution is -2.31. The molecule has 104 valence electrons. The van der Waals surface area contributed by atoms with Gasteiger partial charge in [-0.15, -0.1) is 0 Å². The Morgan fingerprint density at radius 1 is 1.30 bits per heavy atom. The highest BCUT2D eigenvalue weighted by Gasteiger charge is 2.24. The fourth-order valence-corrected chi connectivity index (χ4v) is 2.19. The lowest BCUT2D eigenvalue weighted by molar-refractivity contribution is -0.140. The first kappa shape index (κ1) is 14.3. The summed E-state index contributed by atoms with van der Waals surface area (Å²) in [4.78, 5) is 22.5. The van der Waals surface area contributed by atoms with Crippen LogP contribution in [0.5, 0.6) is 0 Å². The highest BCUT2D eigenvalue weighted by molar-refractivity contribution is 6.32. The van der Waals surface area contributed by atoms with Crippen LogP contribution in [0.2, 0.25) is 5.02 Å². The fraction of sp³-hybridized carbons (Fsp3) is 0.200. The van der Waals surface area contributed by atoms with E-state index in [2.05, 4.69) is 5.32 Å². The molecule has 0 bridgehead atoms. The summed E-state index contributed by atoms with van der Waals surface area (Å²) in [5, 5.41) is 12.2. The van der Waals surface area contributed by atoms with Crippen molar-refractivity contribution in [1.82, 2.24) is 5.32 Å². The topological polar surface area (TPSA) is 66.4 Å². The van der Waals surface area contributed by atoms with Crippen molar-refractivity contribution in [3.8, 4) is 0 Å². The summed E-state index contributed by atoms with van der Waals surface area (Å²) in [5.74, 6) is -1.66. The van der Waals surface area contributed by atoms with Gasteiger partial charge in [-0.2, -0.15) is 0 Å². The lowest BCUT2D eigenvalue weighted by Gasteiger charge is -2.10. The fourth-order valence-electron chi connectivity index (χ4n) is 2.00. The van der Waals surface area contributed by atoms with Gasteiger partial charge in [0.2, 0.25) is 5.91 Å². The number of carbonyl (C=O) groups excluding carboxylic acids is 1. The highest BCUT2D eigenvalue weighted by atomic mass is 35.5. The number of carbonyl (C=O) groups is 2. The van der Waals surface area contributed by atoms with E-state index >= 15 is 0 Å². The monoisotopic (exact) mass is 291 g/mol. The van der Waals surface area contributed by atoms with Gasteiger partial charge in [0.15, 0.2) is 0 Å². The van der Waals surface area contributed by atoms with Crippen molar-refractivity contribution < 1.29 is 14.7 Å². The van der Waals surface area contributed by atoms with Crippen molar-refractivity contribution in [2.45, 2.75) is 12.5 Å². The third-order valence-electron chi connectivity index (χ3n) is 3.05. The number of halogens is 1. The molecule has 1 aliphatic rings. The van der Waals surface area contributed by atoms with E-state index in [-0.39, 0.29) is 11.9 Å². The van der Waals surface area contributed by atoms with Crippen LogP contribution in [0.25, 0.3) is 6.08 Å². The molecule has 0 radical (unpaired) electrons. The molecule has 2 N–H and O–H groups in total. The van der Waals surface area contributed by atoms with E-state index in [1.54, 1.807) is 24.3 Å². The van der Waals surface area contributed by atoms with Crippen molar-refractivity contribution in [3.63, 3.8) is 0 Å². The standard InChI is InChI=1S/C15H14ClNO3/c16-13-4-2-1-3-10(13)6-8-14(18)17-12-7-5-11(9-12)15(19)20/h1-8,11-12H,9H2,(H,17,18)(H,19,20). The van der Waals surface area contributed by atoms with Crippen LogP contribution in [0.3, 0.4) is 0 Å². The van der Waals surface area contributed by atoms with Crippen molar-refractivity contribution in [3.05, 3.63) is 53.1 Å². The maximum Gasteiger partial charge on any atom is 0.310 e. The summed E-state index contributed by atoms with van der Waals surface area (Å²) in [6.07, 6.45) is 6.72. The van der Waals surface area contributed by atoms with Crippen molar-refractivity contribution >= 4 is 29.6 Å². The predicted molar refractivity (Wildman–Crippen MR) is 77.3 cm³/mol. The van der Waals surface area contributed by atoms with E-state index in [0.717, 1.165) is 5.56 Å². The molecular formula is C15H14ClNO3. The zero-order valence-electron chi connectivity index (χ0n) is 10.6. The van der Waals surface area contributed by atoms with Gasteiger partial charge in [-0.05, 0) is 24.1 Å². The third kappa shape index (κ3) is 3.71. The van der Waals surface area contributed by atoms with Crippen LogP contribution in [0.15, 0.2) is 42.5 Å². The van der Waals surface area contributed by atoms with Gasteiger partial charge in [-0.1, -0.05) is 42.0 Å². The van der Waals surface area contributed by atoms with Gasteiger partial charge in [0.05, 0.1) is 5.92 Å². The summed E-state index contributed by atoms with van der Waals surface area (Å²) in [6.45, 7) is 0. The molecule has 0 spiro atoms. The Balaban J connectivity index is 1.90. The minimum atomic E-state index is -0.871. The van der Waals surface area contributed by atoms with Crippen LogP contribution in [0.4, 0.5) is 0 Å². The predicted octanol–water partition coefficient (Wildman–Crippen LogP) is 2.50. The second kappa shape index (κ2) is 6.39. The molecule has 2 atom stereocenters. The third-order valence-corrected chi connectivity index (χ3v) is 3.39. The summed E-state index contributed by atoms with van der Waals surface area (Å²) >= 11 is 5.97. The second-order valence-corrected chi connectivity index (χ2v) is 4.94. The van der Waals surface area contributed by atoms with Crippen LogP contribution in [0.1, 0.15) is 12.0 Å². The van der Waals surface area contributed by atoms with Crippen molar-refractivity contribution in [2.75, 3.05) is 0 Å². The Labute approximate surface area is 121 Å². The van der Waals surface area contributed by atoms with Gasteiger partial charge < -0.3 is 10.4 Å². The van der Waals surface area contributed by atoms with E-state index in [0.29, 0.717) is 11.4 Å². The molecule has 0 aliphatic heterocycles. The molecule has 0 fully saturated rings. The van der Waals surface area contributed by atoms with Gasteiger partial charge in [-0.25, -0.2) is 0 Å². The molecular weight excluding hydrogens is 278 g/mol. The molecule has 1 aliphatic carbocycles. The molecule has 0 saturated heterocycles. The van der Waals surface area contributed by atoms with Crippen LogP contribution in [0, 0.1) is 5.92 Å². The second-order valence-electron chi connectivity index (χ2n) is 4.54. The lowest BCUT2D eigenvalue weighted by atomic mass is 10.1. The van der Waals surface area contributed by atoms with Gasteiger partial charge >= 0.3 is 5.97 Å². The maximum atomic E-state index is 11.7. The minimum absolute atomic E-state index is 0.237. The maximum absolute atomic E-state index is 11.7. The number of rotatable bonds is 4. The highest BCUT2D eigenvalue weighted by Crippen LogP contribution is 2.18. The SMILES string of the molecule is O=C(C=Cc1ccccc1Cl)NC1C=CC(C(=O)O)C1. The van der Waals surface area contributed by atoms with Crippen LogP contribution >= 0.6 is 11.6 Å². The molecule has 0 aromatic heterocycles. The zero-order valence-corrected chi connectivity index (χ0v) is 11.4. The number of hydrogen-bond donors (Lipinski definition) is 2. The molecule has 20 heavy (non-hydrogen) atoms. The first-order valence-electron chi connectivity index (χ1n) is 6.20. The molecule has 5 heteroatoms. The Bertz CT molecular complexity index is 580. The molecule has 1 aromatic rings. The number of hydrogen-bond acceptors (Lipinski definition) is 2. The molecule has 1 aromatic carbocycles. The number of nitrogens with one attached hydrogen (secondary N) is 1. The van der Waals surface area contributed by atoms with Gasteiger partial charge in [0.25, 0.3) is 0 Å². The largest absolute Gasteiger partial charge is 0.481 e. The smallest absolute Gasteiger partial charge is 0.310 e. The quantitative estimate of drug-likeness (QED) is 0.661. The number of benzene rings is 1. The van der Waals surface area contributed by atoms with E-state index in [9.17, 15) is 9.59 Å². The Kier molecular flexibility index (Phi) is 4.58. The van der Waals surface area contributed by atoms with E-state index in [4.69, 9.17) is 16.7 Å². The minimum Gasteiger partial charge on any atom is -0.481 e. The first-order chi connectivity index (χ1) is 9.56. The molecule has 0 heterocycles. The summed E-state index contributed by atoms with van der Waals surface area (Å²) in [6, 6.07) is 6.97. The molecule has 4 nitrogen and oxygen atoms in total. The van der Waals surface area contributed by atoms with Gasteiger partial charge in [0.1, 0.15) is 0 Å². The summed E-state index contributed by atoms with van der Waals surface area (Å²) < 4.78 is 0. The van der Waals surface area contributed by atoms with Gasteiger partial charge in [0, 0.05) is 17.1 Å². The zero-order chi connectivity index (χ0) is 14.5. The van der Waals surface area contributed by atoms with E-state index in [1.807, 2.05) is 18.2 Å². The van der Waals surface area contributed by atoms with Crippen molar-refractivity contribution in [2.24, 2.45) is 5.92 Å². The summed E-state index contributed by atoms with van der Waals surface area (Å²) in [5.41, 5.74) is 0.759. The Morgan fingerprint density at radius 3 is 2.70 bits per heavy atom. The molecule has 1 amide bonds. The van der Waals surface area contributed by atoms with Crippen LogP contribution < -0.4 is 5.32 Å². The average molecular weight is 292 g/mol. The number of aliphatic carboxylic acids is 1. The normalized spacial score (nSPS) is 21.2. The van der Waals surface area contributed by atoms with E-state index < -0.39 is 11.9 Å². The van der Waals surface area contributed by atoms with Crippen molar-refractivity contribution in [1.29, 1.82) is 0 Å². The Hall–Kier alpha value is -2.07. The molecule has 2 unspecified atom stereocenters. The van der Waals surface area contributed by atoms with Crippen LogP contribution in [-0.2, 0) is 9.59 Å². The number of amides is 1. The van der Waals surface area contributed by atoms with Crippen LogP contribution in [-0.4, -0.2) is 23.0 Å².